The van der Waals surface area contributed by atoms with Gasteiger partial charge in [0.05, 0.1) is 22.9 Å². The van der Waals surface area contributed by atoms with Gasteiger partial charge in [-0.25, -0.2) is 9.67 Å². The van der Waals surface area contributed by atoms with Crippen molar-refractivity contribution in [1.29, 1.82) is 0 Å². The number of nitro groups is 1. The molecule has 12 nitrogen and oxygen atoms in total. The molecular formula is C25H29N5O7. The third-order valence-corrected chi connectivity index (χ3v) is 5.98. The molecular weight excluding hydrogens is 482 g/mol. The molecule has 1 aliphatic rings. The van der Waals surface area contributed by atoms with Crippen LogP contribution in [-0.4, -0.2) is 77.4 Å². The quantitative estimate of drug-likeness (QED) is 0.228. The monoisotopic (exact) mass is 511 g/mol. The highest BCUT2D eigenvalue weighted by atomic mass is 16.8. The molecule has 1 aliphatic heterocycles. The topological polar surface area (TPSA) is 132 Å². The van der Waals surface area contributed by atoms with Gasteiger partial charge in [0.2, 0.25) is 0 Å². The van der Waals surface area contributed by atoms with E-state index < -0.39 is 17.3 Å². The molecule has 0 unspecified atom stereocenters. The minimum absolute atomic E-state index is 0.0147. The second-order valence-electron chi connectivity index (χ2n) is 8.28. The number of rotatable bonds is 10. The Hall–Kier alpha value is -3.71. The van der Waals surface area contributed by atoms with Crippen LogP contribution in [0.25, 0.3) is 17.1 Å². The van der Waals surface area contributed by atoms with Gasteiger partial charge >= 0.3 is 0 Å². The number of hydrogen-bond donors (Lipinski definition) is 0. The van der Waals surface area contributed by atoms with Gasteiger partial charge in [-0.3, -0.25) is 10.1 Å². The van der Waals surface area contributed by atoms with Crippen LogP contribution in [0.3, 0.4) is 0 Å². The molecule has 0 saturated carbocycles. The summed E-state index contributed by atoms with van der Waals surface area (Å²) >= 11 is 0. The Balaban J connectivity index is 1.40. The first kappa shape index (κ1) is 26.4. The summed E-state index contributed by atoms with van der Waals surface area (Å²) in [4.78, 5) is 20.4. The third kappa shape index (κ3) is 6.00. The van der Waals surface area contributed by atoms with E-state index in [0.717, 1.165) is 11.1 Å². The molecule has 0 aliphatic carbocycles. The summed E-state index contributed by atoms with van der Waals surface area (Å²) in [7, 11) is 3.18. The fraction of sp³-hybridized carbons (Fsp3) is 0.400. The zero-order chi connectivity index (χ0) is 26.4. The molecule has 2 aromatic carbocycles. The fourth-order valence-corrected chi connectivity index (χ4v) is 4.13. The molecule has 4 rings (SSSR count). The summed E-state index contributed by atoms with van der Waals surface area (Å²) in [5, 5.41) is 19.4. The number of methoxy groups -OCH3 is 2. The van der Waals surface area contributed by atoms with E-state index in [2.05, 4.69) is 15.2 Å². The second-order valence-corrected chi connectivity index (χ2v) is 8.28. The maximum absolute atomic E-state index is 10.8. The molecule has 0 N–H and O–H groups in total. The van der Waals surface area contributed by atoms with Crippen LogP contribution in [-0.2, 0) is 23.8 Å². The number of hydrogen-bond acceptors (Lipinski definition) is 10. The van der Waals surface area contributed by atoms with Crippen molar-refractivity contribution in [3.63, 3.8) is 0 Å². The number of ether oxygens (including phenoxy) is 4. The summed E-state index contributed by atoms with van der Waals surface area (Å²) in [6, 6.07) is 13.5. The minimum atomic E-state index is -0.758. The number of aromatic nitrogens is 3. The number of nitro benzene ring substituents is 1. The zero-order valence-corrected chi connectivity index (χ0v) is 21.0. The maximum atomic E-state index is 10.8. The lowest BCUT2D eigenvalue weighted by molar-refractivity contribution is -0.384. The predicted octanol–water partition coefficient (Wildman–Crippen LogP) is 3.37. The molecule has 3 aromatic rings. The van der Waals surface area contributed by atoms with Crippen LogP contribution >= 0.6 is 0 Å². The smallest absolute Gasteiger partial charge is 0.269 e. The number of oxime groups is 1. The number of nitrogens with zero attached hydrogens (tertiary/aromatic N) is 5. The Labute approximate surface area is 213 Å². The Morgan fingerprint density at radius 2 is 1.78 bits per heavy atom. The van der Waals surface area contributed by atoms with Crippen molar-refractivity contribution in [3.05, 3.63) is 70.5 Å². The highest BCUT2D eigenvalue weighted by molar-refractivity contribution is 5.80. The third-order valence-electron chi connectivity index (χ3n) is 5.98. The predicted molar refractivity (Wildman–Crippen MR) is 133 cm³/mol. The number of non-ortho nitro benzene ring substituents is 1. The Kier molecular flexibility index (Phi) is 8.56. The van der Waals surface area contributed by atoms with Crippen LogP contribution in [0.15, 0.2) is 60.0 Å². The van der Waals surface area contributed by atoms with Crippen molar-refractivity contribution in [3.8, 4) is 17.1 Å². The summed E-state index contributed by atoms with van der Waals surface area (Å²) in [5.41, 5.74) is 2.28. The van der Waals surface area contributed by atoms with E-state index in [0.29, 0.717) is 18.1 Å². The van der Waals surface area contributed by atoms with Crippen LogP contribution in [0.2, 0.25) is 0 Å². The largest absolute Gasteiger partial charge is 0.376 e. The Morgan fingerprint density at radius 1 is 1.08 bits per heavy atom. The highest BCUT2D eigenvalue weighted by Crippen LogP contribution is 2.28. The average Bonchev–Trinajstić information content (AvgIpc) is 3.40. The van der Waals surface area contributed by atoms with Crippen LogP contribution in [0.4, 0.5) is 5.69 Å². The van der Waals surface area contributed by atoms with Crippen LogP contribution < -0.4 is 0 Å². The van der Waals surface area contributed by atoms with Crippen molar-refractivity contribution in [2.45, 2.75) is 44.6 Å². The van der Waals surface area contributed by atoms with Crippen molar-refractivity contribution in [1.82, 2.24) is 14.8 Å². The minimum Gasteiger partial charge on any atom is -0.376 e. The van der Waals surface area contributed by atoms with Gasteiger partial charge in [-0.15, -0.1) is 5.10 Å². The normalized spacial score (nSPS) is 23.8. The first-order valence-electron chi connectivity index (χ1n) is 11.7. The average molecular weight is 512 g/mol. The van der Waals surface area contributed by atoms with E-state index in [-0.39, 0.29) is 24.0 Å². The second kappa shape index (κ2) is 12.0. The lowest BCUT2D eigenvalue weighted by Crippen LogP contribution is -2.59. The van der Waals surface area contributed by atoms with Crippen molar-refractivity contribution < 1.29 is 28.7 Å². The van der Waals surface area contributed by atoms with Gasteiger partial charge in [-0.1, -0.05) is 29.4 Å². The summed E-state index contributed by atoms with van der Waals surface area (Å²) < 4.78 is 24.5. The van der Waals surface area contributed by atoms with Crippen molar-refractivity contribution >= 4 is 11.9 Å². The molecule has 5 atom stereocenters. The fourth-order valence-electron chi connectivity index (χ4n) is 4.13. The lowest BCUT2D eigenvalue weighted by Gasteiger charge is -2.42. The molecule has 2 heterocycles. The van der Waals surface area contributed by atoms with Gasteiger partial charge in [0.25, 0.3) is 12.0 Å². The molecule has 0 radical (unpaired) electrons. The van der Waals surface area contributed by atoms with Gasteiger partial charge in [0.15, 0.2) is 11.9 Å². The van der Waals surface area contributed by atoms with Crippen LogP contribution in [0.5, 0.6) is 0 Å². The summed E-state index contributed by atoms with van der Waals surface area (Å²) in [6.07, 6.45) is 0.932. The number of benzene rings is 2. The van der Waals surface area contributed by atoms with E-state index >= 15 is 0 Å². The lowest BCUT2D eigenvalue weighted by atomic mass is 9.99. The molecule has 0 bridgehead atoms. The Morgan fingerprint density at radius 3 is 2.41 bits per heavy atom. The van der Waals surface area contributed by atoms with E-state index in [4.69, 9.17) is 23.8 Å². The van der Waals surface area contributed by atoms with E-state index in [1.54, 1.807) is 43.6 Å². The van der Waals surface area contributed by atoms with Gasteiger partial charge < -0.3 is 23.8 Å². The molecule has 0 amide bonds. The SMILES string of the molecule is CCO[C@@H]1[C@@H](OC)[C@H](C)O[C@@H](O/N=C/c2ccc(-c3ncn(-c4ccc([N+](=O)[O-])cc4)n3)cc2)[C@@H]1OC. The first-order chi connectivity index (χ1) is 17.9. The maximum Gasteiger partial charge on any atom is 0.269 e. The van der Waals surface area contributed by atoms with E-state index in [9.17, 15) is 10.1 Å². The molecule has 37 heavy (non-hydrogen) atoms. The molecule has 0 spiro atoms. The van der Waals surface area contributed by atoms with E-state index in [1.165, 1.54) is 12.1 Å². The summed E-state index contributed by atoms with van der Waals surface area (Å²) in [5.74, 6) is 0.514. The first-order valence-corrected chi connectivity index (χ1v) is 11.7. The molecule has 1 aromatic heterocycles. The molecule has 1 saturated heterocycles. The van der Waals surface area contributed by atoms with Gasteiger partial charge in [-0.05, 0) is 31.5 Å². The van der Waals surface area contributed by atoms with Crippen LogP contribution in [0, 0.1) is 10.1 Å². The molecule has 12 heteroatoms. The standard InChI is InChI=1S/C25H29N5O7/c1-5-35-22-21(33-3)16(2)36-25(23(22)34-4)37-27-14-17-6-8-18(9-7-17)24-26-15-29(28-24)19-10-12-20(13-11-19)30(31)32/h6-16,21-23,25H,5H2,1-4H3/b27-14+/t16-,21-,22+,23+,25-/m0/s1. The van der Waals surface area contributed by atoms with Crippen molar-refractivity contribution in [2.75, 3.05) is 20.8 Å². The van der Waals surface area contributed by atoms with Crippen molar-refractivity contribution in [2.24, 2.45) is 5.16 Å². The molecule has 1 fully saturated rings. The summed E-state index contributed by atoms with van der Waals surface area (Å²) in [6.45, 7) is 4.30. The Bertz CT molecular complexity index is 1200. The van der Waals surface area contributed by atoms with Gasteiger partial charge in [-0.2, -0.15) is 0 Å². The zero-order valence-electron chi connectivity index (χ0n) is 21.0. The van der Waals surface area contributed by atoms with E-state index in [1.807, 2.05) is 38.1 Å². The van der Waals surface area contributed by atoms with Gasteiger partial charge in [0.1, 0.15) is 18.5 Å². The highest BCUT2D eigenvalue weighted by Gasteiger charge is 2.47. The van der Waals surface area contributed by atoms with Gasteiger partial charge in [0, 0.05) is 38.5 Å². The molecule has 196 valence electrons. The van der Waals surface area contributed by atoms with Crippen LogP contribution in [0.1, 0.15) is 19.4 Å².